The van der Waals surface area contributed by atoms with E-state index in [1.807, 2.05) is 6.07 Å². The standard InChI is InChI=1S/C16H11Cl2N5O3S/c17-11-5-4-10(8-12(11)18)9-23-7-6-15(19-23)22-27(24,25)14-3-1-2-13-16(14)21-26-20-13/h1-8H,9H2,(H,19,22). The summed E-state index contributed by atoms with van der Waals surface area (Å²) in [6.07, 6.45) is 1.65. The monoisotopic (exact) mass is 423 g/mol. The molecule has 0 radical (unpaired) electrons. The number of aromatic nitrogens is 4. The third-order valence-electron chi connectivity index (χ3n) is 3.75. The Morgan fingerprint density at radius 3 is 2.74 bits per heavy atom. The van der Waals surface area contributed by atoms with E-state index in [2.05, 4.69) is 24.8 Å². The van der Waals surface area contributed by atoms with Crippen LogP contribution in [0, 0.1) is 0 Å². The molecule has 0 fully saturated rings. The molecule has 0 saturated heterocycles. The van der Waals surface area contributed by atoms with E-state index in [4.69, 9.17) is 23.2 Å². The Labute approximate surface area is 163 Å². The number of hydrogen-bond acceptors (Lipinski definition) is 6. The van der Waals surface area contributed by atoms with Gasteiger partial charge in [0.05, 0.1) is 16.6 Å². The largest absolute Gasteiger partial charge is 0.266 e. The van der Waals surface area contributed by atoms with E-state index in [1.165, 1.54) is 6.07 Å². The highest BCUT2D eigenvalue weighted by Gasteiger charge is 2.21. The van der Waals surface area contributed by atoms with Crippen LogP contribution < -0.4 is 4.72 Å². The Morgan fingerprint density at radius 2 is 1.93 bits per heavy atom. The number of nitrogens with zero attached hydrogens (tertiary/aromatic N) is 4. The molecule has 4 rings (SSSR count). The smallest absolute Gasteiger partial charge is 0.265 e. The minimum atomic E-state index is -3.91. The molecule has 0 aliphatic carbocycles. The van der Waals surface area contributed by atoms with Gasteiger partial charge in [0.15, 0.2) is 11.3 Å². The molecule has 11 heteroatoms. The molecule has 0 bridgehead atoms. The fourth-order valence-corrected chi connectivity index (χ4v) is 3.99. The van der Waals surface area contributed by atoms with Gasteiger partial charge in [0.2, 0.25) is 0 Å². The summed E-state index contributed by atoms with van der Waals surface area (Å²) in [6, 6.07) is 11.4. The molecule has 1 N–H and O–H groups in total. The van der Waals surface area contributed by atoms with Gasteiger partial charge < -0.3 is 0 Å². The third-order valence-corrected chi connectivity index (χ3v) is 5.87. The number of anilines is 1. The first kappa shape index (κ1) is 17.8. The average Bonchev–Trinajstić information content (AvgIpc) is 3.26. The molecule has 2 heterocycles. The van der Waals surface area contributed by atoms with Crippen LogP contribution in [0.5, 0.6) is 0 Å². The summed E-state index contributed by atoms with van der Waals surface area (Å²) in [5, 5.41) is 12.4. The van der Waals surface area contributed by atoms with Crippen LogP contribution in [0.3, 0.4) is 0 Å². The van der Waals surface area contributed by atoms with E-state index in [0.717, 1.165) is 5.56 Å². The lowest BCUT2D eigenvalue weighted by molar-refractivity contribution is 0.315. The minimum absolute atomic E-state index is 0.0414. The molecule has 0 atom stereocenters. The molecule has 138 valence electrons. The molecule has 0 unspecified atom stereocenters. The van der Waals surface area contributed by atoms with Gasteiger partial charge in [-0.2, -0.15) is 5.10 Å². The SMILES string of the molecule is O=S(=O)(Nc1ccn(Cc2ccc(Cl)c(Cl)c2)n1)c1cccc2nonc12. The van der Waals surface area contributed by atoms with Crippen LogP contribution in [-0.2, 0) is 16.6 Å². The quantitative estimate of drug-likeness (QED) is 0.526. The lowest BCUT2D eigenvalue weighted by atomic mass is 10.2. The van der Waals surface area contributed by atoms with Gasteiger partial charge in [-0.1, -0.05) is 35.3 Å². The van der Waals surface area contributed by atoms with Crippen LogP contribution in [0.25, 0.3) is 11.0 Å². The van der Waals surface area contributed by atoms with E-state index in [-0.39, 0.29) is 16.2 Å². The fraction of sp³-hybridized carbons (Fsp3) is 0.0625. The van der Waals surface area contributed by atoms with Crippen molar-refractivity contribution in [1.29, 1.82) is 0 Å². The summed E-state index contributed by atoms with van der Waals surface area (Å²) in [4.78, 5) is -0.0414. The lowest BCUT2D eigenvalue weighted by Gasteiger charge is -2.06. The lowest BCUT2D eigenvalue weighted by Crippen LogP contribution is -2.14. The number of benzene rings is 2. The number of sulfonamides is 1. The van der Waals surface area contributed by atoms with Crippen molar-refractivity contribution in [2.24, 2.45) is 0 Å². The molecule has 0 spiro atoms. The van der Waals surface area contributed by atoms with Crippen LogP contribution in [0.15, 0.2) is 58.2 Å². The van der Waals surface area contributed by atoms with Crippen LogP contribution >= 0.6 is 23.2 Å². The Bertz CT molecular complexity index is 1240. The van der Waals surface area contributed by atoms with Gasteiger partial charge in [0, 0.05) is 12.3 Å². The molecule has 8 nitrogen and oxygen atoms in total. The summed E-state index contributed by atoms with van der Waals surface area (Å²) in [6.45, 7) is 0.404. The van der Waals surface area contributed by atoms with Crippen molar-refractivity contribution in [2.75, 3.05) is 4.72 Å². The molecular weight excluding hydrogens is 413 g/mol. The maximum absolute atomic E-state index is 12.7. The normalized spacial score (nSPS) is 11.8. The zero-order valence-corrected chi connectivity index (χ0v) is 15.8. The van der Waals surface area contributed by atoms with Gasteiger partial charge in [-0.3, -0.25) is 9.40 Å². The Kier molecular flexibility index (Phi) is 4.50. The van der Waals surface area contributed by atoms with Gasteiger partial charge in [-0.25, -0.2) is 13.0 Å². The highest BCUT2D eigenvalue weighted by molar-refractivity contribution is 7.93. The molecule has 27 heavy (non-hydrogen) atoms. The van der Waals surface area contributed by atoms with Gasteiger partial charge in [0.1, 0.15) is 10.4 Å². The van der Waals surface area contributed by atoms with Crippen LogP contribution in [0.1, 0.15) is 5.56 Å². The Balaban J connectivity index is 1.56. The third kappa shape index (κ3) is 3.61. The fourth-order valence-electron chi connectivity index (χ4n) is 2.52. The number of rotatable bonds is 5. The summed E-state index contributed by atoms with van der Waals surface area (Å²) in [5.74, 6) is 0.170. The van der Waals surface area contributed by atoms with Crippen molar-refractivity contribution in [1.82, 2.24) is 20.1 Å². The first-order chi connectivity index (χ1) is 12.9. The maximum Gasteiger partial charge on any atom is 0.265 e. The van der Waals surface area contributed by atoms with Crippen molar-refractivity contribution in [3.8, 4) is 0 Å². The maximum atomic E-state index is 12.7. The molecule has 0 aliphatic rings. The summed E-state index contributed by atoms with van der Waals surface area (Å²) in [7, 11) is -3.91. The van der Waals surface area contributed by atoms with Gasteiger partial charge >= 0.3 is 0 Å². The second-order valence-corrected chi connectivity index (χ2v) is 8.11. The predicted octanol–water partition coefficient (Wildman–Crippen LogP) is 3.58. The minimum Gasteiger partial charge on any atom is -0.266 e. The topological polar surface area (TPSA) is 103 Å². The molecule has 0 saturated carbocycles. The summed E-state index contributed by atoms with van der Waals surface area (Å²) < 4.78 is 33.9. The predicted molar refractivity (Wildman–Crippen MR) is 100 cm³/mol. The van der Waals surface area contributed by atoms with Crippen LogP contribution in [0.2, 0.25) is 10.0 Å². The number of nitrogens with one attached hydrogen (secondary N) is 1. The van der Waals surface area contributed by atoms with E-state index >= 15 is 0 Å². The number of hydrogen-bond donors (Lipinski definition) is 1. The zero-order valence-electron chi connectivity index (χ0n) is 13.5. The van der Waals surface area contributed by atoms with Crippen molar-refractivity contribution in [3.63, 3.8) is 0 Å². The molecule has 2 aromatic carbocycles. The van der Waals surface area contributed by atoms with Crippen LogP contribution in [0.4, 0.5) is 5.82 Å². The molecule has 0 amide bonds. The first-order valence-corrected chi connectivity index (χ1v) is 9.88. The van der Waals surface area contributed by atoms with Crippen molar-refractivity contribution in [2.45, 2.75) is 11.4 Å². The number of fused-ring (bicyclic) bond motifs is 1. The van der Waals surface area contributed by atoms with E-state index < -0.39 is 10.0 Å². The summed E-state index contributed by atoms with van der Waals surface area (Å²) >= 11 is 11.9. The Hall–Kier alpha value is -2.62. The van der Waals surface area contributed by atoms with E-state index in [1.54, 1.807) is 41.2 Å². The van der Waals surface area contributed by atoms with Gasteiger partial charge in [-0.05, 0) is 40.1 Å². The molecular formula is C16H11Cl2N5O3S. The Morgan fingerprint density at radius 1 is 1.07 bits per heavy atom. The van der Waals surface area contributed by atoms with Crippen molar-refractivity contribution in [3.05, 3.63) is 64.3 Å². The summed E-state index contributed by atoms with van der Waals surface area (Å²) in [5.41, 5.74) is 1.38. The van der Waals surface area contributed by atoms with Crippen molar-refractivity contribution < 1.29 is 13.0 Å². The molecule has 0 aliphatic heterocycles. The second-order valence-electron chi connectivity index (χ2n) is 5.64. The van der Waals surface area contributed by atoms with Gasteiger partial charge in [-0.15, -0.1) is 0 Å². The second kappa shape index (κ2) is 6.84. The zero-order chi connectivity index (χ0) is 19.0. The van der Waals surface area contributed by atoms with E-state index in [9.17, 15) is 8.42 Å². The van der Waals surface area contributed by atoms with Crippen molar-refractivity contribution >= 4 is 50.1 Å². The van der Waals surface area contributed by atoms with Crippen LogP contribution in [-0.4, -0.2) is 28.5 Å². The first-order valence-electron chi connectivity index (χ1n) is 7.64. The van der Waals surface area contributed by atoms with E-state index in [0.29, 0.717) is 22.1 Å². The van der Waals surface area contributed by atoms with Gasteiger partial charge in [0.25, 0.3) is 10.0 Å². The highest BCUT2D eigenvalue weighted by Crippen LogP contribution is 2.24. The highest BCUT2D eigenvalue weighted by atomic mass is 35.5. The molecule has 2 aromatic heterocycles. The number of halogens is 2. The molecule has 4 aromatic rings. The average molecular weight is 424 g/mol.